The maximum atomic E-state index is 11.9. The van der Waals surface area contributed by atoms with Crippen LogP contribution in [0.4, 0.5) is 10.7 Å². The van der Waals surface area contributed by atoms with E-state index in [0.29, 0.717) is 38.1 Å². The molecule has 0 radical (unpaired) electrons. The van der Waals surface area contributed by atoms with Gasteiger partial charge in [-0.25, -0.2) is 14.9 Å². The molecule has 4 N–H and O–H groups in total. The van der Waals surface area contributed by atoms with Gasteiger partial charge >= 0.3 is 6.09 Å². The molecule has 2 heterocycles. The second-order valence-electron chi connectivity index (χ2n) is 5.34. The van der Waals surface area contributed by atoms with Gasteiger partial charge in [-0.1, -0.05) is 17.7 Å². The number of nitrogens with zero attached hydrogens (tertiary/aromatic N) is 2. The highest BCUT2D eigenvalue weighted by Crippen LogP contribution is 2.28. The molecule has 4 rings (SSSR count). The van der Waals surface area contributed by atoms with E-state index in [9.17, 15) is 9.59 Å². The van der Waals surface area contributed by atoms with Gasteiger partial charge in [-0.05, 0) is 30.3 Å². The van der Waals surface area contributed by atoms with Gasteiger partial charge in [-0.15, -0.1) is 0 Å². The number of aromatic nitrogens is 4. The zero-order valence-corrected chi connectivity index (χ0v) is 13.3. The van der Waals surface area contributed by atoms with E-state index in [1.165, 1.54) is 0 Å². The van der Waals surface area contributed by atoms with E-state index < -0.39 is 6.09 Å². The van der Waals surface area contributed by atoms with E-state index in [1.54, 1.807) is 36.4 Å². The SMILES string of the molecule is O=C(O)Nc1nc2cc(-c3n[nH]c(=O)c4ccc(Cl)cc34)ccc2[nH]1. The molecule has 9 heteroatoms. The summed E-state index contributed by atoms with van der Waals surface area (Å²) in [6, 6.07) is 10.3. The van der Waals surface area contributed by atoms with Crippen LogP contribution in [0.5, 0.6) is 0 Å². The van der Waals surface area contributed by atoms with Crippen molar-refractivity contribution in [2.24, 2.45) is 0 Å². The van der Waals surface area contributed by atoms with E-state index >= 15 is 0 Å². The maximum Gasteiger partial charge on any atom is 0.411 e. The van der Waals surface area contributed by atoms with Crippen LogP contribution in [0.1, 0.15) is 0 Å². The molecule has 2 aromatic carbocycles. The lowest BCUT2D eigenvalue weighted by Gasteiger charge is -2.05. The number of halogens is 1. The van der Waals surface area contributed by atoms with E-state index in [0.717, 1.165) is 0 Å². The minimum absolute atomic E-state index is 0.127. The van der Waals surface area contributed by atoms with Crippen molar-refractivity contribution < 1.29 is 9.90 Å². The Morgan fingerprint density at radius 2 is 2.00 bits per heavy atom. The summed E-state index contributed by atoms with van der Waals surface area (Å²) in [5.41, 5.74) is 2.19. The van der Waals surface area contributed by atoms with Gasteiger partial charge in [0.25, 0.3) is 5.56 Å². The fourth-order valence-corrected chi connectivity index (χ4v) is 2.84. The molecule has 4 aromatic rings. The van der Waals surface area contributed by atoms with Crippen molar-refractivity contribution in [3.8, 4) is 11.3 Å². The number of anilines is 1. The topological polar surface area (TPSA) is 124 Å². The summed E-state index contributed by atoms with van der Waals surface area (Å²) in [6.07, 6.45) is -1.21. The summed E-state index contributed by atoms with van der Waals surface area (Å²) in [5, 5.41) is 19.1. The second-order valence-corrected chi connectivity index (χ2v) is 5.78. The number of nitrogens with one attached hydrogen (secondary N) is 3. The Balaban J connectivity index is 1.91. The lowest BCUT2D eigenvalue weighted by atomic mass is 10.0. The highest BCUT2D eigenvalue weighted by Gasteiger charge is 2.12. The van der Waals surface area contributed by atoms with Crippen LogP contribution in [0.3, 0.4) is 0 Å². The molecule has 1 amide bonds. The number of H-pyrrole nitrogens is 2. The van der Waals surface area contributed by atoms with Crippen LogP contribution >= 0.6 is 11.6 Å². The summed E-state index contributed by atoms with van der Waals surface area (Å²) < 4.78 is 0. The van der Waals surface area contributed by atoms with E-state index in [-0.39, 0.29) is 11.5 Å². The number of imidazole rings is 1. The number of carbonyl (C=O) groups is 1. The Bertz CT molecular complexity index is 1200. The minimum Gasteiger partial charge on any atom is -0.465 e. The summed E-state index contributed by atoms with van der Waals surface area (Å²) in [5.74, 6) is 0.127. The average molecular weight is 356 g/mol. The number of amides is 1. The van der Waals surface area contributed by atoms with Crippen molar-refractivity contribution in [3.05, 3.63) is 51.8 Å². The van der Waals surface area contributed by atoms with Crippen molar-refractivity contribution in [1.29, 1.82) is 0 Å². The van der Waals surface area contributed by atoms with Crippen LogP contribution in [0.15, 0.2) is 41.2 Å². The van der Waals surface area contributed by atoms with Gasteiger partial charge in [0.2, 0.25) is 5.95 Å². The van der Waals surface area contributed by atoms with Gasteiger partial charge in [0.1, 0.15) is 0 Å². The van der Waals surface area contributed by atoms with Crippen molar-refractivity contribution >= 4 is 45.4 Å². The van der Waals surface area contributed by atoms with Crippen molar-refractivity contribution in [3.63, 3.8) is 0 Å². The Hall–Kier alpha value is -3.39. The van der Waals surface area contributed by atoms with Gasteiger partial charge in [0, 0.05) is 16.0 Å². The van der Waals surface area contributed by atoms with Gasteiger partial charge in [0.05, 0.1) is 22.1 Å². The third-order valence-electron chi connectivity index (χ3n) is 3.73. The Morgan fingerprint density at radius 1 is 1.16 bits per heavy atom. The number of hydrogen-bond donors (Lipinski definition) is 4. The lowest BCUT2D eigenvalue weighted by molar-refractivity contribution is 0.209. The lowest BCUT2D eigenvalue weighted by Crippen LogP contribution is -2.09. The summed E-state index contributed by atoms with van der Waals surface area (Å²) in [6.45, 7) is 0. The van der Waals surface area contributed by atoms with Crippen molar-refractivity contribution in [2.45, 2.75) is 0 Å². The van der Waals surface area contributed by atoms with Crippen LogP contribution < -0.4 is 10.9 Å². The minimum atomic E-state index is -1.21. The van der Waals surface area contributed by atoms with E-state index in [4.69, 9.17) is 16.7 Å². The molecule has 0 saturated carbocycles. The molecule has 0 atom stereocenters. The monoisotopic (exact) mass is 355 g/mol. The molecule has 0 unspecified atom stereocenters. The first-order valence-corrected chi connectivity index (χ1v) is 7.57. The molecule has 0 spiro atoms. The number of fused-ring (bicyclic) bond motifs is 2. The molecule has 25 heavy (non-hydrogen) atoms. The van der Waals surface area contributed by atoms with Crippen LogP contribution in [-0.2, 0) is 0 Å². The number of carboxylic acid groups (broad SMARTS) is 1. The predicted octanol–water partition coefficient (Wildman–Crippen LogP) is 3.21. The standard InChI is InChI=1S/C16H10ClN5O3/c17-8-2-3-9-10(6-8)13(21-22-14(9)23)7-1-4-11-12(5-7)19-15(18-11)20-16(24)25/h1-6H,(H,22,23)(H,24,25)(H2,18,19,20). The average Bonchev–Trinajstić information content (AvgIpc) is 2.95. The molecule has 124 valence electrons. The molecule has 0 fully saturated rings. The summed E-state index contributed by atoms with van der Waals surface area (Å²) in [4.78, 5) is 29.7. The zero-order chi connectivity index (χ0) is 17.6. The number of rotatable bonds is 2. The molecular formula is C16H10ClN5O3. The molecular weight excluding hydrogens is 346 g/mol. The van der Waals surface area contributed by atoms with Gasteiger partial charge in [-0.3, -0.25) is 10.1 Å². The van der Waals surface area contributed by atoms with Crippen LogP contribution in [0.2, 0.25) is 5.02 Å². The smallest absolute Gasteiger partial charge is 0.411 e. The van der Waals surface area contributed by atoms with Gasteiger partial charge in [0.15, 0.2) is 0 Å². The highest BCUT2D eigenvalue weighted by molar-refractivity contribution is 6.31. The third-order valence-corrected chi connectivity index (χ3v) is 3.97. The fourth-order valence-electron chi connectivity index (χ4n) is 2.67. The Morgan fingerprint density at radius 3 is 2.80 bits per heavy atom. The summed E-state index contributed by atoms with van der Waals surface area (Å²) >= 11 is 6.06. The molecule has 8 nitrogen and oxygen atoms in total. The quantitative estimate of drug-likeness (QED) is 0.439. The van der Waals surface area contributed by atoms with Gasteiger partial charge < -0.3 is 10.1 Å². The number of aromatic amines is 2. The highest BCUT2D eigenvalue weighted by atomic mass is 35.5. The van der Waals surface area contributed by atoms with E-state index in [1.807, 2.05) is 0 Å². The van der Waals surface area contributed by atoms with Crippen molar-refractivity contribution in [2.75, 3.05) is 5.32 Å². The second kappa shape index (κ2) is 5.60. The molecule has 0 saturated heterocycles. The van der Waals surface area contributed by atoms with Crippen LogP contribution in [0, 0.1) is 0 Å². The molecule has 0 bridgehead atoms. The fraction of sp³-hybridized carbons (Fsp3) is 0. The largest absolute Gasteiger partial charge is 0.465 e. The van der Waals surface area contributed by atoms with Crippen LogP contribution in [-0.4, -0.2) is 31.4 Å². The third kappa shape index (κ3) is 2.68. The summed E-state index contributed by atoms with van der Waals surface area (Å²) in [7, 11) is 0. The Labute approximate surface area is 144 Å². The number of benzene rings is 2. The zero-order valence-electron chi connectivity index (χ0n) is 12.5. The first-order valence-electron chi connectivity index (χ1n) is 7.19. The maximum absolute atomic E-state index is 11.9. The molecule has 0 aliphatic rings. The van der Waals surface area contributed by atoms with Crippen molar-refractivity contribution in [1.82, 2.24) is 20.2 Å². The first kappa shape index (κ1) is 15.2. The molecule has 0 aliphatic heterocycles. The normalized spacial score (nSPS) is 11.1. The number of hydrogen-bond acceptors (Lipinski definition) is 4. The first-order chi connectivity index (χ1) is 12.0. The van der Waals surface area contributed by atoms with E-state index in [2.05, 4.69) is 25.5 Å². The Kier molecular flexibility index (Phi) is 3.40. The molecule has 2 aromatic heterocycles. The predicted molar refractivity (Wildman–Crippen MR) is 94.1 cm³/mol. The van der Waals surface area contributed by atoms with Crippen LogP contribution in [0.25, 0.3) is 33.1 Å². The van der Waals surface area contributed by atoms with Gasteiger partial charge in [-0.2, -0.15) is 5.10 Å². The molecule has 0 aliphatic carbocycles.